The predicted molar refractivity (Wildman–Crippen MR) is 336 cm³/mol. The van der Waals surface area contributed by atoms with Crippen LogP contribution >= 0.6 is 0 Å². The topological polar surface area (TPSA) is 209 Å². The smallest absolute Gasteiger partial charge is 0.274 e. The highest BCUT2D eigenvalue weighted by Crippen LogP contribution is 2.41. The molecule has 3 aliphatic heterocycles. The molecule has 2 atom stereocenters. The lowest BCUT2D eigenvalue weighted by Crippen LogP contribution is -2.40. The molecule has 0 bridgehead atoms. The molecule has 0 saturated carbocycles. The molecule has 87 heavy (non-hydrogen) atoms. The molecule has 0 amide bonds. The predicted octanol–water partition coefficient (Wildman–Crippen LogP) is 10.3. The van der Waals surface area contributed by atoms with Gasteiger partial charge in [-0.25, -0.2) is 24.3 Å². The highest BCUT2D eigenvalue weighted by atomic mass is 19.1. The number of aromatic amines is 2. The van der Waals surface area contributed by atoms with Crippen molar-refractivity contribution in [2.75, 3.05) is 56.4 Å². The molecule has 11 aromatic rings. The van der Waals surface area contributed by atoms with E-state index in [2.05, 4.69) is 79.1 Å². The van der Waals surface area contributed by atoms with Crippen LogP contribution in [0.25, 0.3) is 77.9 Å². The number of aliphatic hydroxyl groups is 2. The summed E-state index contributed by atoms with van der Waals surface area (Å²) in [4.78, 5) is 46.0. The fraction of sp³-hybridized carbons (Fsp3) is 0.269. The molecule has 19 nitrogen and oxygen atoms in total. The Labute approximate surface area is 501 Å². The minimum atomic E-state index is -0.918. The summed E-state index contributed by atoms with van der Waals surface area (Å²) < 4.78 is 30.8. The van der Waals surface area contributed by atoms with Crippen molar-refractivity contribution in [2.45, 2.75) is 64.1 Å². The summed E-state index contributed by atoms with van der Waals surface area (Å²) in [6, 6.07) is 33.2. The second kappa shape index (κ2) is 22.7. The number of pyridine rings is 1. The van der Waals surface area contributed by atoms with Gasteiger partial charge in [0, 0.05) is 97.2 Å². The zero-order valence-corrected chi connectivity index (χ0v) is 49.3. The maximum absolute atomic E-state index is 13.9. The standard InChI is InChI=1S/C34H34FN7O2.C33H33N7O3/c1-21-31-26(11-12-36-31)28(18-40(21)4)23-7-10-29-27(15-23)33(39-32(38-29)24-16-37-41(17-24)20-34(2,3)43)42-13-14-44-19-30(42)22-5-8-25(35)9-6-22;1-33(2,42)20-39-17-23(16-35-39)30-36-27-10-9-22(26-18-38(3)32(41)29-24(26)11-12-34-29)15-25(27)31(37-30)40-13-14-43-19-28(40)21-7-5-4-6-8-21/h5-12,15-18,30,36,43H,1,13-14,19-20H2,2-4H3;4-12,15-18,28,34,42H,13-14,19-20H2,1-3H3/t30-;28-/m11/s1. The summed E-state index contributed by atoms with van der Waals surface area (Å²) >= 11 is 0. The first-order valence-corrected chi connectivity index (χ1v) is 29.0. The van der Waals surface area contributed by atoms with E-state index >= 15 is 0 Å². The van der Waals surface area contributed by atoms with Crippen molar-refractivity contribution in [1.82, 2.24) is 58.9 Å². The number of H-pyrrole nitrogens is 2. The van der Waals surface area contributed by atoms with E-state index in [1.165, 1.54) is 12.1 Å². The minimum Gasteiger partial charge on any atom is -0.389 e. The summed E-state index contributed by atoms with van der Waals surface area (Å²) in [5.41, 5.74) is 10.9. The molecule has 7 aromatic heterocycles. The molecular weight excluding hydrogens is 1100 g/mol. The molecule has 0 aliphatic carbocycles. The number of halogens is 1. The number of nitrogens with one attached hydrogen (secondary N) is 2. The summed E-state index contributed by atoms with van der Waals surface area (Å²) in [7, 11) is 3.76. The van der Waals surface area contributed by atoms with Crippen molar-refractivity contribution < 1.29 is 24.1 Å². The van der Waals surface area contributed by atoms with Crippen LogP contribution in [0.4, 0.5) is 16.0 Å². The van der Waals surface area contributed by atoms with E-state index in [0.717, 1.165) is 100 Å². The van der Waals surface area contributed by atoms with Crippen LogP contribution in [-0.4, -0.2) is 127 Å². The lowest BCUT2D eigenvalue weighted by molar-refractivity contribution is 0.0571. The number of aryl methyl sites for hydroxylation is 1. The van der Waals surface area contributed by atoms with Crippen LogP contribution in [0.1, 0.15) is 67.7 Å². The van der Waals surface area contributed by atoms with Crippen molar-refractivity contribution in [3.05, 3.63) is 203 Å². The van der Waals surface area contributed by atoms with E-state index in [9.17, 15) is 19.4 Å². The molecule has 3 aliphatic rings. The maximum atomic E-state index is 13.9. The number of fused-ring (bicyclic) bond motifs is 4. The zero-order valence-electron chi connectivity index (χ0n) is 49.3. The first-order valence-electron chi connectivity index (χ1n) is 29.0. The summed E-state index contributed by atoms with van der Waals surface area (Å²) in [5, 5.41) is 32.2. The van der Waals surface area contributed by atoms with Gasteiger partial charge in [-0.15, -0.1) is 0 Å². The number of morpholine rings is 2. The first kappa shape index (κ1) is 56.5. The number of rotatable bonds is 12. The Kier molecular flexibility index (Phi) is 14.7. The van der Waals surface area contributed by atoms with Crippen LogP contribution in [0.2, 0.25) is 0 Å². The number of hydrogen-bond acceptors (Lipinski definition) is 14. The average Bonchev–Trinajstić information content (AvgIpc) is 2.10. The molecule has 0 spiro atoms. The van der Waals surface area contributed by atoms with Gasteiger partial charge in [0.25, 0.3) is 5.56 Å². The normalized spacial score (nSPS) is 16.6. The first-order chi connectivity index (χ1) is 41.9. The Hall–Kier alpha value is -9.60. The van der Waals surface area contributed by atoms with Gasteiger partial charge in [-0.3, -0.25) is 14.2 Å². The number of aromatic nitrogens is 11. The molecule has 20 heteroatoms. The quantitative estimate of drug-likeness (QED) is 0.0898. The monoisotopic (exact) mass is 1170 g/mol. The van der Waals surface area contributed by atoms with Gasteiger partial charge >= 0.3 is 0 Å². The molecule has 442 valence electrons. The van der Waals surface area contributed by atoms with Crippen molar-refractivity contribution in [3.63, 3.8) is 0 Å². The Morgan fingerprint density at radius 3 is 1.77 bits per heavy atom. The number of nitrogens with zero attached hydrogens (tertiary/aromatic N) is 12. The molecule has 14 rings (SSSR count). The number of hydrogen-bond donors (Lipinski definition) is 4. The number of benzene rings is 4. The van der Waals surface area contributed by atoms with Gasteiger partial charge in [0.1, 0.15) is 23.0 Å². The van der Waals surface area contributed by atoms with Crippen LogP contribution < -0.4 is 15.4 Å². The Balaban J connectivity index is 0.000000161. The van der Waals surface area contributed by atoms with Crippen LogP contribution in [0, 0.1) is 5.82 Å². The van der Waals surface area contributed by atoms with E-state index < -0.39 is 11.2 Å². The van der Waals surface area contributed by atoms with E-state index in [4.69, 9.17) is 29.4 Å². The fourth-order valence-corrected chi connectivity index (χ4v) is 11.9. The maximum Gasteiger partial charge on any atom is 0.274 e. The van der Waals surface area contributed by atoms with E-state index in [1.807, 2.05) is 79.2 Å². The van der Waals surface area contributed by atoms with Crippen molar-refractivity contribution >= 4 is 55.6 Å². The Bertz CT molecular complexity index is 4470. The van der Waals surface area contributed by atoms with Crippen LogP contribution in [0.15, 0.2) is 164 Å². The Morgan fingerprint density at radius 2 is 1.18 bits per heavy atom. The highest BCUT2D eigenvalue weighted by Gasteiger charge is 2.32. The van der Waals surface area contributed by atoms with E-state index in [1.54, 1.807) is 79.4 Å². The van der Waals surface area contributed by atoms with Gasteiger partial charge in [-0.2, -0.15) is 10.2 Å². The molecule has 0 radical (unpaired) electrons. The van der Waals surface area contributed by atoms with Gasteiger partial charge in [-0.1, -0.05) is 61.2 Å². The van der Waals surface area contributed by atoms with Crippen LogP contribution in [0.3, 0.4) is 0 Å². The van der Waals surface area contributed by atoms with Gasteiger partial charge in [0.2, 0.25) is 0 Å². The fourth-order valence-electron chi connectivity index (χ4n) is 11.9. The third-order valence-electron chi connectivity index (χ3n) is 16.1. The summed E-state index contributed by atoms with van der Waals surface area (Å²) in [6.07, 6.45) is 14.9. The van der Waals surface area contributed by atoms with E-state index in [0.29, 0.717) is 69.8 Å². The summed E-state index contributed by atoms with van der Waals surface area (Å²) in [6.45, 7) is 15.3. The second-order valence-corrected chi connectivity index (χ2v) is 23.8. The number of anilines is 2. The van der Waals surface area contributed by atoms with Crippen molar-refractivity contribution in [3.8, 4) is 33.9 Å². The molecule has 4 aromatic carbocycles. The van der Waals surface area contributed by atoms with Crippen molar-refractivity contribution in [1.29, 1.82) is 0 Å². The third-order valence-corrected chi connectivity index (χ3v) is 16.1. The second-order valence-electron chi connectivity index (χ2n) is 23.8. The SMILES string of the molecule is C=C1c2[nH]ccc2C(c2ccc3nc(-c4cnn(CC(C)(C)O)c4)nc(N4CCOC[C@@H]4c4ccc(F)cc4)c3c2)=CN1C.Cn1cc(-c2ccc3nc(-c4cnn(CC(C)(C)O)c4)nc(N4CCOC[C@@H]4c4ccccc4)c3c2)c2cc[nH]c2c1=O. The van der Waals surface area contributed by atoms with Crippen LogP contribution in [0.5, 0.6) is 0 Å². The molecular formula is C67H67FN14O5. The van der Waals surface area contributed by atoms with Gasteiger partial charge in [0.05, 0.1) is 109 Å². The zero-order chi connectivity index (χ0) is 60.3. The Morgan fingerprint density at radius 1 is 0.632 bits per heavy atom. The van der Waals surface area contributed by atoms with Gasteiger partial charge in [-0.05, 0) is 98.5 Å². The minimum absolute atomic E-state index is 0.0311. The van der Waals surface area contributed by atoms with Crippen molar-refractivity contribution in [2.24, 2.45) is 7.05 Å². The lowest BCUT2D eigenvalue weighted by atomic mass is 9.94. The van der Waals surface area contributed by atoms with E-state index in [-0.39, 0.29) is 23.5 Å². The van der Waals surface area contributed by atoms with Gasteiger partial charge < -0.3 is 48.9 Å². The third kappa shape index (κ3) is 11.4. The molecule has 2 fully saturated rings. The molecule has 4 N–H and O–H groups in total. The molecule has 0 unspecified atom stereocenters. The average molecular weight is 1170 g/mol. The molecule has 10 heterocycles. The van der Waals surface area contributed by atoms with Crippen LogP contribution in [-0.2, 0) is 29.6 Å². The largest absolute Gasteiger partial charge is 0.389 e. The molecule has 2 saturated heterocycles. The highest BCUT2D eigenvalue weighted by molar-refractivity contribution is 6.00. The number of ether oxygens (including phenoxy) is 2. The summed E-state index contributed by atoms with van der Waals surface area (Å²) in [5.74, 6) is 2.39. The lowest BCUT2D eigenvalue weighted by Gasteiger charge is -2.37. The van der Waals surface area contributed by atoms with Gasteiger partial charge in [0.15, 0.2) is 11.6 Å².